The zero-order valence-corrected chi connectivity index (χ0v) is 8.48. The molecule has 1 aliphatic rings. The van der Waals surface area contributed by atoms with Crippen molar-refractivity contribution >= 4 is 0 Å². The number of hydrogen-bond donors (Lipinski definition) is 1. The van der Waals surface area contributed by atoms with Gasteiger partial charge in [-0.3, -0.25) is 4.90 Å². The molecule has 1 saturated heterocycles. The first kappa shape index (κ1) is 10.9. The van der Waals surface area contributed by atoms with Crippen LogP contribution in [-0.4, -0.2) is 35.5 Å². The highest BCUT2D eigenvalue weighted by Crippen LogP contribution is 2.29. The molecule has 0 aromatic rings. The Morgan fingerprint density at radius 1 is 1.38 bits per heavy atom. The molecule has 78 valence electrons. The van der Waals surface area contributed by atoms with Gasteiger partial charge >= 0.3 is 0 Å². The van der Waals surface area contributed by atoms with E-state index in [0.29, 0.717) is 13.0 Å². The fourth-order valence-corrected chi connectivity index (χ4v) is 1.53. The molecule has 0 radical (unpaired) electrons. The van der Waals surface area contributed by atoms with E-state index < -0.39 is 12.0 Å². The lowest BCUT2D eigenvalue weighted by Gasteiger charge is -2.43. The molecule has 4 heteroatoms. The van der Waals surface area contributed by atoms with E-state index in [2.05, 4.69) is 0 Å². The molecule has 0 aromatic heterocycles. The van der Waals surface area contributed by atoms with E-state index >= 15 is 0 Å². The van der Waals surface area contributed by atoms with Crippen LogP contribution < -0.4 is 5.73 Å². The smallest absolute Gasteiger partial charge is 0.275 e. The molecule has 13 heavy (non-hydrogen) atoms. The zero-order valence-electron chi connectivity index (χ0n) is 8.48. The number of nitrogens with two attached hydrogens (primary N) is 1. The van der Waals surface area contributed by atoms with E-state index in [1.54, 1.807) is 4.90 Å². The Kier molecular flexibility index (Phi) is 2.65. The van der Waals surface area contributed by atoms with Crippen molar-refractivity contribution in [2.45, 2.75) is 44.7 Å². The normalized spacial score (nSPS) is 30.5. The summed E-state index contributed by atoms with van der Waals surface area (Å²) in [6.45, 7) is 6.29. The lowest BCUT2D eigenvalue weighted by Crippen LogP contribution is -2.59. The van der Waals surface area contributed by atoms with Crippen molar-refractivity contribution in [3.63, 3.8) is 0 Å². The molecule has 1 unspecified atom stereocenters. The molecule has 1 aliphatic heterocycles. The Labute approximate surface area is 78.1 Å². The summed E-state index contributed by atoms with van der Waals surface area (Å²) < 4.78 is 26.4. The Bertz CT molecular complexity index is 187. The summed E-state index contributed by atoms with van der Waals surface area (Å²) >= 11 is 0. The van der Waals surface area contributed by atoms with E-state index in [-0.39, 0.29) is 12.1 Å². The van der Waals surface area contributed by atoms with Crippen molar-refractivity contribution in [2.24, 2.45) is 5.73 Å². The predicted octanol–water partition coefficient (Wildman–Crippen LogP) is 1.45. The van der Waals surface area contributed by atoms with Gasteiger partial charge in [-0.2, -0.15) is 0 Å². The fraction of sp³-hybridized carbons (Fsp3) is 1.00. The summed E-state index contributed by atoms with van der Waals surface area (Å²) in [6, 6.07) is -0.967. The molecule has 1 fully saturated rings. The van der Waals surface area contributed by atoms with Crippen molar-refractivity contribution < 1.29 is 8.78 Å². The van der Waals surface area contributed by atoms with Gasteiger partial charge in [0.15, 0.2) is 0 Å². The van der Waals surface area contributed by atoms with Crippen LogP contribution in [0.4, 0.5) is 8.78 Å². The number of alkyl halides is 2. The van der Waals surface area contributed by atoms with E-state index in [9.17, 15) is 8.78 Å². The summed E-state index contributed by atoms with van der Waals surface area (Å²) in [7, 11) is 0. The monoisotopic (exact) mass is 192 g/mol. The molecular weight excluding hydrogens is 174 g/mol. The van der Waals surface area contributed by atoms with Gasteiger partial charge in [0, 0.05) is 12.1 Å². The Balaban J connectivity index is 2.66. The second-order valence-corrected chi connectivity index (χ2v) is 4.75. The highest BCUT2D eigenvalue weighted by Gasteiger charge is 2.44. The first-order valence-electron chi connectivity index (χ1n) is 4.62. The number of hydrogen-bond acceptors (Lipinski definition) is 2. The van der Waals surface area contributed by atoms with Crippen LogP contribution in [0.2, 0.25) is 0 Å². The quantitative estimate of drug-likeness (QED) is 0.629. The van der Waals surface area contributed by atoms with Crippen molar-refractivity contribution in [1.82, 2.24) is 4.90 Å². The molecule has 0 saturated carbocycles. The average molecular weight is 192 g/mol. The van der Waals surface area contributed by atoms with Crippen LogP contribution in [0.5, 0.6) is 0 Å². The van der Waals surface area contributed by atoms with E-state index in [1.165, 1.54) is 0 Å². The lowest BCUT2D eigenvalue weighted by atomic mass is 9.96. The molecule has 0 amide bonds. The largest absolute Gasteiger partial charge is 0.323 e. The molecule has 2 N–H and O–H groups in total. The fourth-order valence-electron chi connectivity index (χ4n) is 1.53. The third kappa shape index (κ3) is 2.38. The maximum absolute atomic E-state index is 13.2. The van der Waals surface area contributed by atoms with Gasteiger partial charge in [-0.15, -0.1) is 0 Å². The SMILES string of the molecule is CC(C)(C)N1CCC(N)C(F)(F)C1. The van der Waals surface area contributed by atoms with Crippen LogP contribution in [0, 0.1) is 0 Å². The van der Waals surface area contributed by atoms with Crippen LogP contribution in [0.15, 0.2) is 0 Å². The van der Waals surface area contributed by atoms with Gasteiger partial charge < -0.3 is 5.73 Å². The standard InChI is InChI=1S/C9H18F2N2/c1-8(2,3)13-5-4-7(12)9(10,11)6-13/h7H,4-6,12H2,1-3H3. The van der Waals surface area contributed by atoms with Crippen LogP contribution >= 0.6 is 0 Å². The molecule has 0 aliphatic carbocycles. The van der Waals surface area contributed by atoms with Gasteiger partial charge in [0.25, 0.3) is 5.92 Å². The Morgan fingerprint density at radius 3 is 2.31 bits per heavy atom. The maximum atomic E-state index is 13.2. The molecule has 1 rings (SSSR count). The van der Waals surface area contributed by atoms with Gasteiger partial charge in [0.1, 0.15) is 0 Å². The Hall–Kier alpha value is -0.220. The summed E-state index contributed by atoms with van der Waals surface area (Å²) in [5, 5.41) is 0. The van der Waals surface area contributed by atoms with Crippen LogP contribution in [0.25, 0.3) is 0 Å². The number of rotatable bonds is 0. The van der Waals surface area contributed by atoms with Gasteiger partial charge in [-0.05, 0) is 27.2 Å². The van der Waals surface area contributed by atoms with Gasteiger partial charge in [0.05, 0.1) is 12.6 Å². The van der Waals surface area contributed by atoms with Crippen LogP contribution in [-0.2, 0) is 0 Å². The minimum absolute atomic E-state index is 0.191. The van der Waals surface area contributed by atoms with Crippen LogP contribution in [0.3, 0.4) is 0 Å². The second kappa shape index (κ2) is 3.17. The van der Waals surface area contributed by atoms with Crippen LogP contribution in [0.1, 0.15) is 27.2 Å². The zero-order chi connectivity index (χ0) is 10.3. The third-order valence-electron chi connectivity index (χ3n) is 2.60. The average Bonchev–Trinajstić information content (AvgIpc) is 1.92. The van der Waals surface area contributed by atoms with Gasteiger partial charge in [-0.1, -0.05) is 0 Å². The summed E-state index contributed by atoms with van der Waals surface area (Å²) in [5.41, 5.74) is 5.15. The number of piperidine rings is 1. The van der Waals surface area contributed by atoms with Gasteiger partial charge in [-0.25, -0.2) is 8.78 Å². The molecule has 0 aromatic carbocycles. The summed E-state index contributed by atoms with van der Waals surface area (Å²) in [4.78, 5) is 1.79. The highest BCUT2D eigenvalue weighted by molar-refractivity contribution is 4.93. The first-order valence-corrected chi connectivity index (χ1v) is 4.62. The number of likely N-dealkylation sites (tertiary alicyclic amines) is 1. The minimum Gasteiger partial charge on any atom is -0.323 e. The predicted molar refractivity (Wildman–Crippen MR) is 48.9 cm³/mol. The first-order chi connectivity index (χ1) is 5.73. The van der Waals surface area contributed by atoms with E-state index in [1.807, 2.05) is 20.8 Å². The molecule has 2 nitrogen and oxygen atoms in total. The topological polar surface area (TPSA) is 29.3 Å². The molecule has 1 heterocycles. The molecule has 1 atom stereocenters. The molecule has 0 bridgehead atoms. The lowest BCUT2D eigenvalue weighted by molar-refractivity contribution is -0.0999. The van der Waals surface area contributed by atoms with Crippen molar-refractivity contribution in [3.8, 4) is 0 Å². The maximum Gasteiger partial charge on any atom is 0.275 e. The van der Waals surface area contributed by atoms with E-state index in [4.69, 9.17) is 5.73 Å². The van der Waals surface area contributed by atoms with Crippen molar-refractivity contribution in [2.75, 3.05) is 13.1 Å². The number of halogens is 2. The second-order valence-electron chi connectivity index (χ2n) is 4.75. The third-order valence-corrected chi connectivity index (χ3v) is 2.60. The highest BCUT2D eigenvalue weighted by atomic mass is 19.3. The minimum atomic E-state index is -2.73. The van der Waals surface area contributed by atoms with Crippen molar-refractivity contribution in [1.29, 1.82) is 0 Å². The van der Waals surface area contributed by atoms with E-state index in [0.717, 1.165) is 0 Å². The van der Waals surface area contributed by atoms with Crippen molar-refractivity contribution in [3.05, 3.63) is 0 Å². The molecular formula is C9H18F2N2. The summed E-state index contributed by atoms with van der Waals surface area (Å²) in [5.74, 6) is -2.73. The van der Waals surface area contributed by atoms with Gasteiger partial charge in [0.2, 0.25) is 0 Å². The number of nitrogens with zero attached hydrogens (tertiary/aromatic N) is 1. The molecule has 0 spiro atoms. The Morgan fingerprint density at radius 2 is 1.92 bits per heavy atom. The summed E-state index contributed by atoms with van der Waals surface area (Å²) in [6.07, 6.45) is 0.379.